The number of para-hydroxylation sites is 1. The Kier molecular flexibility index (Phi) is 25.7. The van der Waals surface area contributed by atoms with Crippen LogP contribution >= 0.6 is 11.8 Å². The van der Waals surface area contributed by atoms with E-state index < -0.39 is 39.4 Å². The maximum atomic E-state index is 13.7. The van der Waals surface area contributed by atoms with Crippen molar-refractivity contribution >= 4 is 86.1 Å². The van der Waals surface area contributed by atoms with Crippen LogP contribution in [0, 0.1) is 11.8 Å². The second kappa shape index (κ2) is 31.6. The van der Waals surface area contributed by atoms with Crippen LogP contribution in [0.1, 0.15) is 163 Å². The Bertz CT molecular complexity index is 2960. The molecule has 0 saturated carbocycles. The van der Waals surface area contributed by atoms with Crippen LogP contribution in [0.4, 0.5) is 16.2 Å². The molecule has 460 valence electrons. The van der Waals surface area contributed by atoms with E-state index in [4.69, 9.17) is 5.73 Å². The molecule has 7 N–H and O–H groups in total. The van der Waals surface area contributed by atoms with Gasteiger partial charge in [-0.3, -0.25) is 43.0 Å². The molecule has 2 aromatic carbocycles. The highest BCUT2D eigenvalue weighted by molar-refractivity contribution is 8.01. The highest BCUT2D eigenvalue weighted by Gasteiger charge is 2.44. The molecule has 0 radical (unpaired) electrons. The van der Waals surface area contributed by atoms with Gasteiger partial charge in [-0.05, 0) is 107 Å². The lowest BCUT2D eigenvalue weighted by Crippen LogP contribution is -2.46. The SMILES string of the molecule is CCN1C(=CC=CC=CC2=[N+](CCCCCC(=O)NCCCC(=O)CNC(=O)[C@H](CCCNC(N)=O)CC(=O)[C@@H](NC(=O)CCCCCN3C(=O)CC(SC(C)C)C3=O)C(C)C)c3ccccc3C2(C)C)C(C)(C)c2cc(S(=O)(=O)O)ccc21. The summed E-state index contributed by atoms with van der Waals surface area (Å²) < 4.78 is 36.0. The van der Waals surface area contributed by atoms with E-state index in [2.05, 4.69) is 74.9 Å². The molecule has 3 aliphatic rings. The first-order valence-corrected chi connectivity index (χ1v) is 32.2. The molecule has 0 aromatic heterocycles. The summed E-state index contributed by atoms with van der Waals surface area (Å²) in [7, 11) is -4.35. The van der Waals surface area contributed by atoms with Gasteiger partial charge in [0.2, 0.25) is 35.2 Å². The Hall–Kier alpha value is -6.45. The number of nitrogens with two attached hydrogens (primary N) is 1. The fourth-order valence-corrected chi connectivity index (χ4v) is 13.0. The van der Waals surface area contributed by atoms with Crippen LogP contribution in [0.25, 0.3) is 0 Å². The largest absolute Gasteiger partial charge is 0.356 e. The molecule has 1 fully saturated rings. The number of thioether (sulfide) groups is 1. The average molecular weight is 1200 g/mol. The monoisotopic (exact) mass is 1200 g/mol. The van der Waals surface area contributed by atoms with E-state index in [0.717, 1.165) is 47.7 Å². The fraction of sp³-hybridized carbons (Fsp3) is 0.571. The molecule has 1 saturated heterocycles. The summed E-state index contributed by atoms with van der Waals surface area (Å²) in [5.41, 5.74) is 10.8. The van der Waals surface area contributed by atoms with Gasteiger partial charge in [0.15, 0.2) is 17.3 Å². The van der Waals surface area contributed by atoms with Gasteiger partial charge < -0.3 is 31.9 Å². The molecule has 3 aliphatic heterocycles. The van der Waals surface area contributed by atoms with Crippen LogP contribution in [-0.2, 0) is 54.5 Å². The topological polar surface area (TPSA) is 275 Å². The number of anilines is 1. The number of benzene rings is 2. The molecule has 5 rings (SSSR count). The maximum absolute atomic E-state index is 13.7. The number of nitrogens with zero attached hydrogens (tertiary/aromatic N) is 3. The van der Waals surface area contributed by atoms with Crippen molar-refractivity contribution in [3.63, 3.8) is 0 Å². The van der Waals surface area contributed by atoms with Crippen LogP contribution in [0.3, 0.4) is 0 Å². The van der Waals surface area contributed by atoms with Crippen LogP contribution in [0.15, 0.2) is 83.4 Å². The molecule has 19 nitrogen and oxygen atoms in total. The number of carbonyl (C=O) groups is 8. The lowest BCUT2D eigenvalue weighted by atomic mass is 9.81. The first-order chi connectivity index (χ1) is 39.7. The minimum absolute atomic E-state index is 0.107. The van der Waals surface area contributed by atoms with Crippen LogP contribution < -0.4 is 31.9 Å². The Morgan fingerprint density at radius 1 is 0.798 bits per heavy atom. The van der Waals surface area contributed by atoms with Gasteiger partial charge in [0.1, 0.15) is 6.54 Å². The van der Waals surface area contributed by atoms with E-state index in [1.807, 2.05) is 58.9 Å². The second-order valence-electron chi connectivity index (χ2n) is 23.7. The summed E-state index contributed by atoms with van der Waals surface area (Å²) in [4.78, 5) is 106. The molecular weight excluding hydrogens is 1110 g/mol. The van der Waals surface area contributed by atoms with Gasteiger partial charge in [0.05, 0.1) is 28.1 Å². The van der Waals surface area contributed by atoms with Crippen molar-refractivity contribution in [3.8, 4) is 0 Å². The highest BCUT2D eigenvalue weighted by atomic mass is 32.2. The number of imide groups is 1. The number of unbranched alkanes of at least 4 members (excludes halogenated alkanes) is 4. The summed E-state index contributed by atoms with van der Waals surface area (Å²) in [5, 5.41) is 10.8. The first-order valence-electron chi connectivity index (χ1n) is 29.8. The minimum atomic E-state index is -4.35. The predicted octanol–water partition coefficient (Wildman–Crippen LogP) is 8.26. The first kappa shape index (κ1) is 68.3. The molecule has 7 amide bonds. The fourth-order valence-electron chi connectivity index (χ4n) is 11.3. The standard InChI is InChI=1S/C63H90N8O11S2/c1-10-69-50-33-32-46(84(80,81)82)39-48(50)63(8,9)53(69)28-14-11-15-29-54-62(6,7)47-26-18-19-27-49(47)70(54)36-20-12-16-30-55(74)65-34-23-25-45(72)41-67-59(77)44(24-22-35-66-61(64)79)38-51(73)58(42(2)3)68-56(75)31-17-13-21-37-71-57(76)40-52(60(71)78)83-43(4)5/h11,14-15,18-19,26-29,32-33,39,42-44,52,58H,10,12-13,16-17,20-25,30-31,34-38,40-41H2,1-9H3,(H6-,64,65,66,67,68,74,75,77,79,80,81,82)/p+1/t44-,52?,58+/m1/s1. The molecule has 3 heterocycles. The number of ketones is 2. The van der Waals surface area contributed by atoms with E-state index in [1.165, 1.54) is 28.3 Å². The lowest BCUT2D eigenvalue weighted by Gasteiger charge is -2.25. The normalized spacial score (nSPS) is 17.6. The zero-order valence-corrected chi connectivity index (χ0v) is 52.4. The summed E-state index contributed by atoms with van der Waals surface area (Å²) in [6, 6.07) is 11.6. The molecule has 21 heteroatoms. The number of amides is 7. The zero-order valence-electron chi connectivity index (χ0n) is 50.7. The van der Waals surface area contributed by atoms with E-state index in [-0.39, 0.29) is 107 Å². The highest BCUT2D eigenvalue weighted by Crippen LogP contribution is 2.48. The van der Waals surface area contributed by atoms with Crippen LogP contribution in [0.2, 0.25) is 0 Å². The number of likely N-dealkylation sites (tertiary alicyclic amines) is 1. The Morgan fingerprint density at radius 3 is 2.17 bits per heavy atom. The molecule has 0 aliphatic carbocycles. The van der Waals surface area contributed by atoms with Gasteiger partial charge in [-0.1, -0.05) is 84.4 Å². The predicted molar refractivity (Wildman–Crippen MR) is 330 cm³/mol. The summed E-state index contributed by atoms with van der Waals surface area (Å²) >= 11 is 1.49. The van der Waals surface area contributed by atoms with Crippen molar-refractivity contribution in [2.45, 2.75) is 184 Å². The Balaban J connectivity index is 1.04. The Morgan fingerprint density at radius 2 is 1.49 bits per heavy atom. The number of hydrogen-bond acceptors (Lipinski definition) is 12. The minimum Gasteiger partial charge on any atom is -0.356 e. The van der Waals surface area contributed by atoms with Crippen LogP contribution in [-0.4, -0.2) is 131 Å². The van der Waals surface area contributed by atoms with Crippen molar-refractivity contribution in [1.29, 1.82) is 0 Å². The number of likely N-dealkylation sites (N-methyl/N-ethyl adjacent to an activating group) is 1. The molecule has 3 atom stereocenters. The number of allylic oxidation sites excluding steroid dienone is 6. The van der Waals surface area contributed by atoms with E-state index >= 15 is 0 Å². The smallest absolute Gasteiger partial charge is 0.312 e. The molecule has 1 unspecified atom stereocenters. The number of primary amides is 1. The second-order valence-corrected chi connectivity index (χ2v) is 26.9. The van der Waals surface area contributed by atoms with Crippen molar-refractivity contribution in [2.75, 3.05) is 44.2 Å². The summed E-state index contributed by atoms with van der Waals surface area (Å²) in [5.74, 6) is -2.99. The molecule has 0 bridgehead atoms. The third kappa shape index (κ3) is 19.0. The molecule has 84 heavy (non-hydrogen) atoms. The van der Waals surface area contributed by atoms with Gasteiger partial charge in [-0.2, -0.15) is 13.0 Å². The van der Waals surface area contributed by atoms with Gasteiger partial charge >= 0.3 is 6.03 Å². The van der Waals surface area contributed by atoms with Crippen LogP contribution in [0.5, 0.6) is 0 Å². The van der Waals surface area contributed by atoms with Gasteiger partial charge in [-0.15, -0.1) is 11.8 Å². The van der Waals surface area contributed by atoms with E-state index in [1.54, 1.807) is 26.0 Å². The number of fused-ring (bicyclic) bond motifs is 2. The lowest BCUT2D eigenvalue weighted by molar-refractivity contribution is -0.438. The molecule has 0 spiro atoms. The van der Waals surface area contributed by atoms with Crippen molar-refractivity contribution in [1.82, 2.24) is 26.2 Å². The van der Waals surface area contributed by atoms with Gasteiger partial charge in [0, 0.05) is 105 Å². The third-order valence-electron chi connectivity index (χ3n) is 15.8. The van der Waals surface area contributed by atoms with Gasteiger partial charge in [-0.25, -0.2) is 4.79 Å². The van der Waals surface area contributed by atoms with E-state index in [9.17, 15) is 51.3 Å². The third-order valence-corrected chi connectivity index (χ3v) is 17.9. The number of Topliss-reactive ketones (excluding diaryl/α,β-unsaturated/α-hetero) is 2. The van der Waals surface area contributed by atoms with Gasteiger partial charge in [0.25, 0.3) is 10.1 Å². The Labute approximate surface area is 501 Å². The zero-order chi connectivity index (χ0) is 61.9. The van der Waals surface area contributed by atoms with E-state index in [0.29, 0.717) is 64.6 Å². The molecular formula is C63H91N8O11S2+. The number of nitrogens with one attached hydrogen (secondary N) is 4. The summed E-state index contributed by atoms with van der Waals surface area (Å²) in [6.45, 7) is 20.1. The molecule has 2 aromatic rings. The number of rotatable bonds is 35. The maximum Gasteiger partial charge on any atom is 0.312 e. The number of urea groups is 1. The number of carbonyl (C=O) groups excluding carboxylic acids is 8. The summed E-state index contributed by atoms with van der Waals surface area (Å²) in [6.07, 6.45) is 15.7. The number of hydrogen-bond donors (Lipinski definition) is 6. The van der Waals surface area contributed by atoms with Crippen molar-refractivity contribution in [2.24, 2.45) is 17.6 Å². The van der Waals surface area contributed by atoms with Crippen molar-refractivity contribution < 1.29 is 55.9 Å². The average Bonchev–Trinajstić information content (AvgIpc) is 3.07. The quantitative estimate of drug-likeness (QED) is 0.0125. The van der Waals surface area contributed by atoms with Crippen molar-refractivity contribution in [3.05, 3.63) is 89.7 Å².